The van der Waals surface area contributed by atoms with E-state index in [0.717, 1.165) is 150 Å². The van der Waals surface area contributed by atoms with Crippen molar-refractivity contribution in [1.82, 2.24) is 34.1 Å². The minimum Gasteiger partial charge on any atom is -0.435 e. The summed E-state index contributed by atoms with van der Waals surface area (Å²) in [6.07, 6.45) is 0. The molecular weight excluding hydrogens is 1270 g/mol. The molecule has 0 aliphatic carbocycles. The molecule has 9 nitrogen and oxygen atoms in total. The van der Waals surface area contributed by atoms with Gasteiger partial charge in [-0.25, -0.2) is 24.9 Å². The second kappa shape index (κ2) is 26.2. The van der Waals surface area contributed by atoms with Crippen LogP contribution >= 0.6 is 0 Å². The predicted octanol–water partition coefficient (Wildman–Crippen LogP) is 24.7. The fourth-order valence-corrected chi connectivity index (χ4v) is 14.5. The Balaban J connectivity index is 0.000000143. The van der Waals surface area contributed by atoms with Gasteiger partial charge < -0.3 is 18.0 Å². The third-order valence-electron chi connectivity index (χ3n) is 19.5. The van der Waals surface area contributed by atoms with Crippen molar-refractivity contribution < 1.29 is 8.83 Å². The van der Waals surface area contributed by atoms with E-state index in [0.29, 0.717) is 17.6 Å². The number of hydrogen-bond donors (Lipinski definition) is 0. The molecule has 0 radical (unpaired) electrons. The smallest absolute Gasteiger partial charge is 0.227 e. The number of nitrogens with zero attached hydrogens (tertiary/aromatic N) is 7. The zero-order valence-electron chi connectivity index (χ0n) is 56.2. The number of pyridine rings is 1. The molecule has 20 aromatic rings. The van der Waals surface area contributed by atoms with Crippen LogP contribution in [0.2, 0.25) is 0 Å². The average molecular weight is 1330 g/mol. The monoisotopic (exact) mass is 1330 g/mol. The summed E-state index contributed by atoms with van der Waals surface area (Å²) in [5.41, 5.74) is 27.2. The summed E-state index contributed by atoms with van der Waals surface area (Å²) in [5, 5.41) is 4.32. The quantitative estimate of drug-likeness (QED) is 0.120. The molecule has 6 heterocycles. The highest BCUT2D eigenvalue weighted by Gasteiger charge is 2.23. The number of para-hydroxylation sites is 2. The van der Waals surface area contributed by atoms with Crippen molar-refractivity contribution in [3.05, 3.63) is 370 Å². The van der Waals surface area contributed by atoms with Gasteiger partial charge in [0.1, 0.15) is 11.0 Å². The molecular formula is C95H61N7O2. The highest BCUT2D eigenvalue weighted by molar-refractivity contribution is 6.20. The number of aromatic nitrogens is 7. The first kappa shape index (κ1) is 61.0. The lowest BCUT2D eigenvalue weighted by Crippen LogP contribution is -1.98. The molecule has 0 unspecified atom stereocenters. The minimum absolute atomic E-state index is 0.614. The van der Waals surface area contributed by atoms with Crippen molar-refractivity contribution in [2.24, 2.45) is 0 Å². The second-order valence-electron chi connectivity index (χ2n) is 25.9. The van der Waals surface area contributed by atoms with Crippen LogP contribution in [0.15, 0.2) is 379 Å². The molecule has 20 rings (SSSR count). The molecule has 488 valence electrons. The van der Waals surface area contributed by atoms with E-state index in [4.69, 9.17) is 33.8 Å². The van der Waals surface area contributed by atoms with Crippen molar-refractivity contribution in [1.29, 1.82) is 0 Å². The lowest BCUT2D eigenvalue weighted by Gasteiger charge is -2.13. The predicted molar refractivity (Wildman–Crippen MR) is 424 cm³/mol. The van der Waals surface area contributed by atoms with Crippen molar-refractivity contribution in [2.45, 2.75) is 0 Å². The third kappa shape index (κ3) is 11.3. The average Bonchev–Trinajstić information content (AvgIpc) is 1.57. The zero-order valence-corrected chi connectivity index (χ0v) is 56.2. The maximum absolute atomic E-state index is 6.53. The van der Waals surface area contributed by atoms with E-state index < -0.39 is 0 Å². The topological polar surface area (TPSA) is 101 Å². The fraction of sp³-hybridized carbons (Fsp3) is 0. The SMILES string of the molecule is c1ccc(-c2ccc(-c3cc(-c4ccccc4)nc(-c4cccc(-n5c6ccccc6c6c7oc(-c8ccccc8)nc7ccc65)c4)c3)cc2)cc1.c1ccc(-c2ccc(-c3cc(-c4ccccc4)nc(-c4cccc(-n5c6ccccc6c6c7oc(-c8ccccc8)nc7ccc65)c4)n3)cc2)cc1. The highest BCUT2D eigenvalue weighted by Crippen LogP contribution is 2.43. The van der Waals surface area contributed by atoms with Crippen molar-refractivity contribution in [3.63, 3.8) is 0 Å². The summed E-state index contributed by atoms with van der Waals surface area (Å²) >= 11 is 0. The van der Waals surface area contributed by atoms with Gasteiger partial charge in [-0.1, -0.05) is 267 Å². The molecule has 0 atom stereocenters. The standard InChI is InChI=1S/C48H31N3O.C47H30N4O/c1-4-13-32(14-5-1)33-23-25-34(26-24-33)38-30-42(35-15-6-2-7-16-35)49-43(31-38)37-19-12-20-39(29-37)51-44-22-11-10-21-40(44)46-45(51)28-27-41-47(46)52-48(50-41)36-17-8-3-9-18-36;1-4-13-31(14-5-1)32-23-25-34(26-24-32)41-30-40(33-15-6-2-7-16-33)48-46(49-41)36-19-12-20-37(29-36)51-42-22-11-10-21-38(42)44-43(51)28-27-39-45(44)52-47(50-39)35-17-8-3-9-18-35/h1-31H;1-30H. The highest BCUT2D eigenvalue weighted by atomic mass is 16.4. The van der Waals surface area contributed by atoms with Gasteiger partial charge in [-0.15, -0.1) is 0 Å². The molecule has 6 aromatic heterocycles. The first-order valence-corrected chi connectivity index (χ1v) is 34.9. The van der Waals surface area contributed by atoms with E-state index in [-0.39, 0.29) is 0 Å². The van der Waals surface area contributed by atoms with Crippen LogP contribution in [0.25, 0.3) is 190 Å². The van der Waals surface area contributed by atoms with Gasteiger partial charge in [0, 0.05) is 61.1 Å². The molecule has 14 aromatic carbocycles. The molecule has 0 aliphatic rings. The normalized spacial score (nSPS) is 11.5. The van der Waals surface area contributed by atoms with E-state index in [1.807, 2.05) is 91.0 Å². The van der Waals surface area contributed by atoms with Crippen molar-refractivity contribution >= 4 is 65.8 Å². The van der Waals surface area contributed by atoms with E-state index >= 15 is 0 Å². The van der Waals surface area contributed by atoms with E-state index in [9.17, 15) is 0 Å². The van der Waals surface area contributed by atoms with Crippen LogP contribution < -0.4 is 0 Å². The van der Waals surface area contributed by atoms with Crippen LogP contribution in [0.3, 0.4) is 0 Å². The summed E-state index contributed by atoms with van der Waals surface area (Å²) < 4.78 is 17.7. The maximum atomic E-state index is 6.53. The molecule has 0 amide bonds. The van der Waals surface area contributed by atoms with Crippen molar-refractivity contribution in [3.8, 4) is 124 Å². The number of rotatable bonds is 12. The molecule has 0 bridgehead atoms. The largest absolute Gasteiger partial charge is 0.435 e. The minimum atomic E-state index is 0.614. The number of oxazole rings is 2. The van der Waals surface area contributed by atoms with Gasteiger partial charge in [0.25, 0.3) is 0 Å². The zero-order chi connectivity index (χ0) is 68.9. The lowest BCUT2D eigenvalue weighted by atomic mass is 9.97. The van der Waals surface area contributed by atoms with Crippen LogP contribution in [0.4, 0.5) is 0 Å². The Kier molecular flexibility index (Phi) is 15.3. The van der Waals surface area contributed by atoms with Gasteiger partial charge >= 0.3 is 0 Å². The number of hydrogen-bond acceptors (Lipinski definition) is 7. The summed E-state index contributed by atoms with van der Waals surface area (Å²) in [6, 6.07) is 128. The first-order valence-electron chi connectivity index (χ1n) is 34.9. The summed E-state index contributed by atoms with van der Waals surface area (Å²) in [4.78, 5) is 25.3. The number of fused-ring (bicyclic) bond motifs is 10. The van der Waals surface area contributed by atoms with Crippen LogP contribution in [-0.4, -0.2) is 34.1 Å². The Morgan fingerprint density at radius 3 is 0.981 bits per heavy atom. The van der Waals surface area contributed by atoms with Crippen LogP contribution in [0, 0.1) is 0 Å². The Morgan fingerprint density at radius 2 is 0.529 bits per heavy atom. The van der Waals surface area contributed by atoms with E-state index in [1.54, 1.807) is 0 Å². The molecule has 0 aliphatic heterocycles. The molecule has 0 fully saturated rings. The van der Waals surface area contributed by atoms with Gasteiger partial charge in [0.05, 0.1) is 55.6 Å². The molecule has 0 saturated heterocycles. The van der Waals surface area contributed by atoms with Crippen LogP contribution in [0.1, 0.15) is 0 Å². The van der Waals surface area contributed by atoms with Crippen molar-refractivity contribution in [2.75, 3.05) is 0 Å². The summed E-state index contributed by atoms with van der Waals surface area (Å²) in [6.45, 7) is 0. The Hall–Kier alpha value is -14.2. The summed E-state index contributed by atoms with van der Waals surface area (Å²) in [7, 11) is 0. The summed E-state index contributed by atoms with van der Waals surface area (Å²) in [5.74, 6) is 1.90. The Bertz CT molecular complexity index is 6150. The van der Waals surface area contributed by atoms with E-state index in [1.165, 1.54) is 22.3 Å². The molecule has 0 saturated carbocycles. The van der Waals surface area contributed by atoms with Gasteiger partial charge in [0.15, 0.2) is 17.0 Å². The Labute approximate surface area is 599 Å². The number of benzene rings is 14. The third-order valence-corrected chi connectivity index (χ3v) is 19.5. The maximum Gasteiger partial charge on any atom is 0.227 e. The van der Waals surface area contributed by atoms with Gasteiger partial charge in [-0.2, -0.15) is 0 Å². The second-order valence-corrected chi connectivity index (χ2v) is 25.9. The lowest BCUT2D eigenvalue weighted by molar-refractivity contribution is 0.622. The Morgan fingerprint density at radius 1 is 0.202 bits per heavy atom. The first-order chi connectivity index (χ1) is 51.5. The van der Waals surface area contributed by atoms with Gasteiger partial charge in [0.2, 0.25) is 11.8 Å². The molecule has 0 spiro atoms. The fourth-order valence-electron chi connectivity index (χ4n) is 14.5. The van der Waals surface area contributed by atoms with Gasteiger partial charge in [-0.3, -0.25) is 0 Å². The molecule has 0 N–H and O–H groups in total. The van der Waals surface area contributed by atoms with Crippen LogP contribution in [-0.2, 0) is 0 Å². The molecule has 104 heavy (non-hydrogen) atoms. The molecule has 9 heteroatoms. The van der Waals surface area contributed by atoms with Crippen LogP contribution in [0.5, 0.6) is 0 Å². The van der Waals surface area contributed by atoms with E-state index in [2.05, 4.69) is 288 Å². The van der Waals surface area contributed by atoms with Gasteiger partial charge in [-0.05, 0) is 137 Å².